The zero-order valence-corrected chi connectivity index (χ0v) is 20.4. The van der Waals surface area contributed by atoms with Crippen LogP contribution >= 0.6 is 12.6 Å². The van der Waals surface area contributed by atoms with Gasteiger partial charge < -0.3 is 26.8 Å². The molecule has 0 aromatic rings. The summed E-state index contributed by atoms with van der Waals surface area (Å²) in [6.45, 7) is 11.2. The van der Waals surface area contributed by atoms with Crippen molar-refractivity contribution in [3.8, 4) is 0 Å². The monoisotopic (exact) mass is 460 g/mol. The Morgan fingerprint density at radius 3 is 1.61 bits per heavy atom. The second-order valence-electron chi connectivity index (χ2n) is 8.88. The number of thiol groups is 1. The van der Waals surface area contributed by atoms with Gasteiger partial charge in [-0.3, -0.25) is 14.4 Å². The predicted molar refractivity (Wildman–Crippen MR) is 124 cm³/mol. The molecule has 9 nitrogen and oxygen atoms in total. The molecular weight excluding hydrogens is 420 g/mol. The van der Waals surface area contributed by atoms with Crippen LogP contribution in [-0.4, -0.2) is 58.7 Å². The van der Waals surface area contributed by atoms with Crippen molar-refractivity contribution in [3.63, 3.8) is 0 Å². The Morgan fingerprint density at radius 2 is 1.26 bits per heavy atom. The average molecular weight is 461 g/mol. The number of carbonyl (C=O) groups is 4. The van der Waals surface area contributed by atoms with Crippen LogP contribution in [0.25, 0.3) is 0 Å². The van der Waals surface area contributed by atoms with Crippen LogP contribution in [0.4, 0.5) is 0 Å². The van der Waals surface area contributed by atoms with Crippen molar-refractivity contribution in [2.45, 2.75) is 85.0 Å². The Balaban J connectivity index is 5.51. The van der Waals surface area contributed by atoms with Crippen molar-refractivity contribution in [1.29, 1.82) is 0 Å². The third kappa shape index (κ3) is 10.9. The van der Waals surface area contributed by atoms with Gasteiger partial charge in [0, 0.05) is 5.75 Å². The molecule has 5 unspecified atom stereocenters. The van der Waals surface area contributed by atoms with E-state index in [1.54, 1.807) is 6.92 Å². The van der Waals surface area contributed by atoms with Gasteiger partial charge in [0.15, 0.2) is 0 Å². The zero-order valence-electron chi connectivity index (χ0n) is 19.5. The smallest absolute Gasteiger partial charge is 0.326 e. The molecule has 6 N–H and O–H groups in total. The minimum absolute atomic E-state index is 0.0682. The van der Waals surface area contributed by atoms with Crippen LogP contribution in [0, 0.1) is 17.8 Å². The van der Waals surface area contributed by atoms with E-state index in [-0.39, 0.29) is 23.5 Å². The van der Waals surface area contributed by atoms with Gasteiger partial charge in [-0.1, -0.05) is 48.0 Å². The highest BCUT2D eigenvalue weighted by atomic mass is 32.1. The second-order valence-corrected chi connectivity index (χ2v) is 9.25. The fourth-order valence-electron chi connectivity index (χ4n) is 2.98. The van der Waals surface area contributed by atoms with Crippen molar-refractivity contribution in [1.82, 2.24) is 16.0 Å². The molecule has 0 aliphatic carbocycles. The molecule has 5 atom stereocenters. The molecule has 31 heavy (non-hydrogen) atoms. The number of hydrogen-bond donors (Lipinski definition) is 6. The zero-order chi connectivity index (χ0) is 24.3. The van der Waals surface area contributed by atoms with Crippen LogP contribution in [0.1, 0.15) is 60.8 Å². The van der Waals surface area contributed by atoms with Crippen molar-refractivity contribution < 1.29 is 24.3 Å². The van der Waals surface area contributed by atoms with Crippen LogP contribution in [0.15, 0.2) is 0 Å². The highest BCUT2D eigenvalue weighted by Crippen LogP contribution is 2.12. The van der Waals surface area contributed by atoms with Gasteiger partial charge in [-0.25, -0.2) is 4.79 Å². The Morgan fingerprint density at radius 1 is 0.839 bits per heavy atom. The summed E-state index contributed by atoms with van der Waals surface area (Å²) in [5, 5.41) is 17.3. The fourth-order valence-corrected chi connectivity index (χ4v) is 3.14. The van der Waals surface area contributed by atoms with Gasteiger partial charge in [-0.15, -0.1) is 0 Å². The van der Waals surface area contributed by atoms with Gasteiger partial charge in [0.2, 0.25) is 17.7 Å². The van der Waals surface area contributed by atoms with Crippen molar-refractivity contribution in [2.24, 2.45) is 23.5 Å². The Hall–Kier alpha value is -1.81. The number of carbonyl (C=O) groups excluding carboxylic acids is 3. The summed E-state index contributed by atoms with van der Waals surface area (Å²) in [5.41, 5.74) is 5.70. The van der Waals surface area contributed by atoms with E-state index in [0.717, 1.165) is 0 Å². The Labute approximate surface area is 191 Å². The summed E-state index contributed by atoms with van der Waals surface area (Å²) < 4.78 is 0. The lowest BCUT2D eigenvalue weighted by molar-refractivity contribution is -0.144. The number of hydrogen-bond acceptors (Lipinski definition) is 6. The molecule has 0 aliphatic rings. The molecule has 0 aromatic carbocycles. The van der Waals surface area contributed by atoms with Crippen molar-refractivity contribution >= 4 is 36.3 Å². The Kier molecular flexibility index (Phi) is 13.5. The van der Waals surface area contributed by atoms with E-state index in [2.05, 4.69) is 28.6 Å². The molecule has 0 radical (unpaired) electrons. The highest BCUT2D eigenvalue weighted by Gasteiger charge is 2.32. The first-order valence-corrected chi connectivity index (χ1v) is 11.5. The molecule has 0 heterocycles. The fraction of sp³-hybridized carbons (Fsp3) is 0.810. The van der Waals surface area contributed by atoms with E-state index in [1.807, 2.05) is 34.6 Å². The maximum absolute atomic E-state index is 12.9. The molecule has 0 saturated heterocycles. The van der Waals surface area contributed by atoms with E-state index in [9.17, 15) is 24.3 Å². The van der Waals surface area contributed by atoms with E-state index in [4.69, 9.17) is 5.73 Å². The standard InChI is InChI=1S/C21H40N4O5S/c1-7-13(6)17(21(29)30)25-20(28)16(9-12(4)5)24-19(27)15(8-11(2)3)23-18(26)14(22)10-31/h11-17,31H,7-10,22H2,1-6H3,(H,23,26)(H,24,27)(H,25,28)(H,29,30). The third-order valence-electron chi connectivity index (χ3n) is 4.99. The Bertz CT molecular complexity index is 615. The van der Waals surface area contributed by atoms with Crippen molar-refractivity contribution in [2.75, 3.05) is 5.75 Å². The molecular formula is C21H40N4O5S. The first-order valence-electron chi connectivity index (χ1n) is 10.8. The molecule has 0 aliphatic heterocycles. The molecule has 0 aromatic heterocycles. The van der Waals surface area contributed by atoms with Gasteiger partial charge in [0.05, 0.1) is 6.04 Å². The minimum Gasteiger partial charge on any atom is -0.480 e. The first-order chi connectivity index (χ1) is 14.3. The summed E-state index contributed by atoms with van der Waals surface area (Å²) in [6.07, 6.45) is 1.26. The molecule has 0 bridgehead atoms. The predicted octanol–water partition coefficient (Wildman–Crippen LogP) is 0.921. The van der Waals surface area contributed by atoms with Gasteiger partial charge in [-0.05, 0) is 30.6 Å². The largest absolute Gasteiger partial charge is 0.480 e. The number of amides is 3. The van der Waals surface area contributed by atoms with Gasteiger partial charge in [0.25, 0.3) is 0 Å². The summed E-state index contributed by atoms with van der Waals surface area (Å²) in [4.78, 5) is 49.6. The summed E-state index contributed by atoms with van der Waals surface area (Å²) in [7, 11) is 0. The number of aliphatic carboxylic acids is 1. The SMILES string of the molecule is CCC(C)C(NC(=O)C(CC(C)C)NC(=O)C(CC(C)C)NC(=O)C(N)CS)C(=O)O. The minimum atomic E-state index is -1.12. The van der Waals surface area contributed by atoms with Crippen LogP contribution in [0.3, 0.4) is 0 Å². The van der Waals surface area contributed by atoms with Crippen LogP contribution < -0.4 is 21.7 Å². The van der Waals surface area contributed by atoms with Crippen LogP contribution in [0.5, 0.6) is 0 Å². The molecule has 0 saturated carbocycles. The van der Waals surface area contributed by atoms with E-state index in [0.29, 0.717) is 19.3 Å². The first kappa shape index (κ1) is 29.2. The van der Waals surface area contributed by atoms with Gasteiger partial charge >= 0.3 is 5.97 Å². The number of nitrogens with one attached hydrogen (secondary N) is 3. The number of nitrogens with two attached hydrogens (primary N) is 1. The normalized spacial score (nSPS) is 16.2. The van der Waals surface area contributed by atoms with Crippen LogP contribution in [0.2, 0.25) is 0 Å². The van der Waals surface area contributed by atoms with Crippen molar-refractivity contribution in [3.05, 3.63) is 0 Å². The quantitative estimate of drug-likeness (QED) is 0.212. The van der Waals surface area contributed by atoms with E-state index < -0.39 is 47.9 Å². The maximum Gasteiger partial charge on any atom is 0.326 e. The maximum atomic E-state index is 12.9. The molecule has 0 spiro atoms. The third-order valence-corrected chi connectivity index (χ3v) is 5.38. The topological polar surface area (TPSA) is 151 Å². The average Bonchev–Trinajstić information content (AvgIpc) is 2.68. The van der Waals surface area contributed by atoms with Crippen LogP contribution in [-0.2, 0) is 19.2 Å². The highest BCUT2D eigenvalue weighted by molar-refractivity contribution is 7.80. The lowest BCUT2D eigenvalue weighted by Crippen LogP contribution is -2.58. The van der Waals surface area contributed by atoms with Gasteiger partial charge in [0.1, 0.15) is 18.1 Å². The van der Waals surface area contributed by atoms with Gasteiger partial charge in [-0.2, -0.15) is 12.6 Å². The molecule has 3 amide bonds. The second kappa shape index (κ2) is 14.3. The summed E-state index contributed by atoms with van der Waals surface area (Å²) in [5.74, 6) is -2.66. The number of rotatable bonds is 14. The molecule has 0 fully saturated rings. The lowest BCUT2D eigenvalue weighted by atomic mass is 9.97. The molecule has 180 valence electrons. The van der Waals surface area contributed by atoms with E-state index in [1.165, 1.54) is 0 Å². The molecule has 10 heteroatoms. The van der Waals surface area contributed by atoms with E-state index >= 15 is 0 Å². The lowest BCUT2D eigenvalue weighted by Gasteiger charge is -2.27. The number of carboxylic acid groups (broad SMARTS) is 1. The summed E-state index contributed by atoms with van der Waals surface area (Å²) >= 11 is 4.00. The number of carboxylic acids is 1. The summed E-state index contributed by atoms with van der Waals surface area (Å²) in [6, 6.07) is -3.70. The molecule has 0 rings (SSSR count).